The molecule has 0 aliphatic rings. The van der Waals surface area contributed by atoms with Crippen molar-refractivity contribution in [3.8, 4) is 0 Å². The number of amides is 1. The minimum absolute atomic E-state index is 0.0557. The quantitative estimate of drug-likeness (QED) is 0.588. The van der Waals surface area contributed by atoms with Crippen LogP contribution in [0.3, 0.4) is 0 Å². The predicted octanol–water partition coefficient (Wildman–Crippen LogP) is 2.14. The molecule has 1 N–H and O–H groups in total. The lowest BCUT2D eigenvalue weighted by Crippen LogP contribution is -2.24. The van der Waals surface area contributed by atoms with Crippen LogP contribution in [0.1, 0.15) is 22.3 Å². The Morgan fingerprint density at radius 3 is 3.06 bits per heavy atom. The van der Waals surface area contributed by atoms with Gasteiger partial charge in [-0.05, 0) is 24.1 Å². The summed E-state index contributed by atoms with van der Waals surface area (Å²) < 4.78 is 5.02. The summed E-state index contributed by atoms with van der Waals surface area (Å²) in [5.41, 5.74) is 1.66. The van der Waals surface area contributed by atoms with Gasteiger partial charge in [0.05, 0.1) is 6.61 Å². The molecule has 16 heavy (non-hydrogen) atoms. The summed E-state index contributed by atoms with van der Waals surface area (Å²) in [6.45, 7) is 4.74. The zero-order chi connectivity index (χ0) is 11.8. The molecule has 0 fully saturated rings. The van der Waals surface area contributed by atoms with Crippen LogP contribution in [-0.4, -0.2) is 19.6 Å². The average Bonchev–Trinajstić information content (AvgIpc) is 2.30. The van der Waals surface area contributed by atoms with Gasteiger partial charge in [0.1, 0.15) is 0 Å². The third kappa shape index (κ3) is 3.87. The minimum atomic E-state index is -0.0557. The van der Waals surface area contributed by atoms with Crippen molar-refractivity contribution >= 4 is 5.91 Å². The molecule has 1 aromatic carbocycles. The van der Waals surface area contributed by atoms with Crippen molar-refractivity contribution < 1.29 is 9.53 Å². The van der Waals surface area contributed by atoms with E-state index in [2.05, 4.69) is 11.9 Å². The zero-order valence-corrected chi connectivity index (χ0v) is 9.53. The van der Waals surface area contributed by atoms with Crippen LogP contribution in [0.25, 0.3) is 0 Å². The predicted molar refractivity (Wildman–Crippen MR) is 64.3 cm³/mol. The van der Waals surface area contributed by atoms with Gasteiger partial charge in [-0.1, -0.05) is 18.2 Å². The van der Waals surface area contributed by atoms with E-state index in [1.807, 2.05) is 18.2 Å². The van der Waals surface area contributed by atoms with E-state index in [1.165, 1.54) is 0 Å². The third-order valence-corrected chi connectivity index (χ3v) is 2.13. The highest BCUT2D eigenvalue weighted by atomic mass is 16.5. The molecular weight excluding hydrogens is 202 g/mol. The van der Waals surface area contributed by atoms with Crippen LogP contribution < -0.4 is 5.32 Å². The van der Waals surface area contributed by atoms with E-state index in [9.17, 15) is 4.79 Å². The molecule has 1 amide bonds. The SMILES string of the molecule is C=CCCNC(=O)c1cccc(COC)c1. The largest absolute Gasteiger partial charge is 0.380 e. The van der Waals surface area contributed by atoms with Crippen LogP contribution in [0.15, 0.2) is 36.9 Å². The molecule has 0 heterocycles. The molecule has 3 heteroatoms. The van der Waals surface area contributed by atoms with Crippen molar-refractivity contribution in [3.63, 3.8) is 0 Å². The monoisotopic (exact) mass is 219 g/mol. The molecule has 1 aromatic rings. The maximum Gasteiger partial charge on any atom is 0.251 e. The second kappa shape index (κ2) is 6.80. The lowest BCUT2D eigenvalue weighted by Gasteiger charge is -2.05. The Balaban J connectivity index is 2.60. The van der Waals surface area contributed by atoms with E-state index >= 15 is 0 Å². The van der Waals surface area contributed by atoms with Crippen molar-refractivity contribution in [1.29, 1.82) is 0 Å². The molecule has 0 saturated heterocycles. The van der Waals surface area contributed by atoms with Gasteiger partial charge in [-0.25, -0.2) is 0 Å². The average molecular weight is 219 g/mol. The normalized spacial score (nSPS) is 9.81. The van der Waals surface area contributed by atoms with Crippen molar-refractivity contribution in [2.75, 3.05) is 13.7 Å². The molecule has 1 rings (SSSR count). The topological polar surface area (TPSA) is 38.3 Å². The Labute approximate surface area is 96.1 Å². The first-order chi connectivity index (χ1) is 7.77. The van der Waals surface area contributed by atoms with E-state index in [0.717, 1.165) is 12.0 Å². The van der Waals surface area contributed by atoms with Gasteiger partial charge in [0, 0.05) is 19.2 Å². The van der Waals surface area contributed by atoms with Gasteiger partial charge < -0.3 is 10.1 Å². The number of nitrogens with one attached hydrogen (secondary N) is 1. The van der Waals surface area contributed by atoms with Crippen LogP contribution in [0.4, 0.5) is 0 Å². The van der Waals surface area contributed by atoms with Crippen molar-refractivity contribution in [3.05, 3.63) is 48.0 Å². The first-order valence-electron chi connectivity index (χ1n) is 5.25. The van der Waals surface area contributed by atoms with Crippen molar-refractivity contribution in [2.45, 2.75) is 13.0 Å². The maximum atomic E-state index is 11.7. The highest BCUT2D eigenvalue weighted by Crippen LogP contribution is 2.06. The fraction of sp³-hybridized carbons (Fsp3) is 0.308. The molecule has 0 aliphatic heterocycles. The summed E-state index contributed by atoms with van der Waals surface area (Å²) in [7, 11) is 1.64. The molecule has 0 unspecified atom stereocenters. The van der Waals surface area contributed by atoms with Gasteiger partial charge in [0.25, 0.3) is 5.91 Å². The first kappa shape index (κ1) is 12.5. The Bertz CT molecular complexity index is 361. The van der Waals surface area contributed by atoms with Gasteiger partial charge >= 0.3 is 0 Å². The summed E-state index contributed by atoms with van der Waals surface area (Å²) in [6, 6.07) is 7.43. The lowest BCUT2D eigenvalue weighted by molar-refractivity contribution is 0.0954. The van der Waals surface area contributed by atoms with Gasteiger partial charge in [0.15, 0.2) is 0 Å². The Morgan fingerprint density at radius 1 is 1.56 bits per heavy atom. The summed E-state index contributed by atoms with van der Waals surface area (Å²) in [4.78, 5) is 11.7. The smallest absolute Gasteiger partial charge is 0.251 e. The maximum absolute atomic E-state index is 11.7. The number of benzene rings is 1. The summed E-state index contributed by atoms with van der Waals surface area (Å²) in [6.07, 6.45) is 2.56. The molecule has 0 aliphatic carbocycles. The number of carbonyl (C=O) groups excluding carboxylic acids is 1. The van der Waals surface area contributed by atoms with Crippen LogP contribution in [0.5, 0.6) is 0 Å². The van der Waals surface area contributed by atoms with Crippen LogP contribution in [0, 0.1) is 0 Å². The standard InChI is InChI=1S/C13H17NO2/c1-3-4-8-14-13(15)12-7-5-6-11(9-12)10-16-2/h3,5-7,9H,1,4,8,10H2,2H3,(H,14,15). The third-order valence-electron chi connectivity index (χ3n) is 2.13. The lowest BCUT2D eigenvalue weighted by atomic mass is 10.1. The van der Waals surface area contributed by atoms with E-state index in [0.29, 0.717) is 18.7 Å². The van der Waals surface area contributed by atoms with Crippen LogP contribution in [0.2, 0.25) is 0 Å². The van der Waals surface area contributed by atoms with Gasteiger partial charge in [0.2, 0.25) is 0 Å². The van der Waals surface area contributed by atoms with Crippen LogP contribution in [-0.2, 0) is 11.3 Å². The second-order valence-electron chi connectivity index (χ2n) is 3.47. The zero-order valence-electron chi connectivity index (χ0n) is 9.53. The number of carbonyl (C=O) groups is 1. The first-order valence-corrected chi connectivity index (χ1v) is 5.25. The molecule has 0 radical (unpaired) electrons. The van der Waals surface area contributed by atoms with Gasteiger partial charge in [-0.2, -0.15) is 0 Å². The summed E-state index contributed by atoms with van der Waals surface area (Å²) in [5, 5.41) is 2.82. The van der Waals surface area contributed by atoms with Crippen molar-refractivity contribution in [1.82, 2.24) is 5.32 Å². The van der Waals surface area contributed by atoms with Crippen LogP contribution >= 0.6 is 0 Å². The van der Waals surface area contributed by atoms with Gasteiger partial charge in [-0.3, -0.25) is 4.79 Å². The number of methoxy groups -OCH3 is 1. The van der Waals surface area contributed by atoms with Gasteiger partial charge in [-0.15, -0.1) is 6.58 Å². The molecule has 0 aromatic heterocycles. The molecule has 0 atom stereocenters. The Morgan fingerprint density at radius 2 is 2.38 bits per heavy atom. The van der Waals surface area contributed by atoms with E-state index in [4.69, 9.17) is 4.74 Å². The van der Waals surface area contributed by atoms with E-state index in [-0.39, 0.29) is 5.91 Å². The highest BCUT2D eigenvalue weighted by Gasteiger charge is 2.04. The fourth-order valence-corrected chi connectivity index (χ4v) is 1.36. The van der Waals surface area contributed by atoms with E-state index < -0.39 is 0 Å². The molecule has 0 spiro atoms. The molecule has 0 saturated carbocycles. The Kier molecular flexibility index (Phi) is 5.29. The number of rotatable bonds is 6. The Hall–Kier alpha value is -1.61. The summed E-state index contributed by atoms with van der Waals surface area (Å²) in [5.74, 6) is -0.0557. The number of ether oxygens (including phenoxy) is 1. The molecule has 3 nitrogen and oxygen atoms in total. The second-order valence-corrected chi connectivity index (χ2v) is 3.47. The summed E-state index contributed by atoms with van der Waals surface area (Å²) >= 11 is 0. The highest BCUT2D eigenvalue weighted by molar-refractivity contribution is 5.94. The molecular formula is C13H17NO2. The van der Waals surface area contributed by atoms with E-state index in [1.54, 1.807) is 19.3 Å². The fourth-order valence-electron chi connectivity index (χ4n) is 1.36. The molecule has 86 valence electrons. The minimum Gasteiger partial charge on any atom is -0.380 e. The van der Waals surface area contributed by atoms with Crippen molar-refractivity contribution in [2.24, 2.45) is 0 Å². The molecule has 0 bridgehead atoms. The number of hydrogen-bond donors (Lipinski definition) is 1. The number of hydrogen-bond acceptors (Lipinski definition) is 2.